The van der Waals surface area contributed by atoms with Crippen molar-refractivity contribution >= 4 is 11.9 Å². The monoisotopic (exact) mass is 329 g/mol. The van der Waals surface area contributed by atoms with Crippen LogP contribution in [0.2, 0.25) is 0 Å². The van der Waals surface area contributed by atoms with E-state index in [2.05, 4.69) is 5.32 Å². The van der Waals surface area contributed by atoms with Crippen molar-refractivity contribution in [1.82, 2.24) is 5.32 Å². The normalized spacial score (nSPS) is 11.7. The molecule has 0 aromatic heterocycles. The summed E-state index contributed by atoms with van der Waals surface area (Å²) >= 11 is 0. The second-order valence-electron chi connectivity index (χ2n) is 5.31. The maximum Gasteiger partial charge on any atom is 0.326 e. The molecule has 3 N–H and O–H groups in total. The van der Waals surface area contributed by atoms with Gasteiger partial charge in [-0.2, -0.15) is 0 Å². The topological polar surface area (TPSA) is 95.9 Å². The number of aliphatic carboxylic acids is 1. The van der Waals surface area contributed by atoms with Crippen LogP contribution in [-0.4, -0.2) is 34.7 Å². The highest BCUT2D eigenvalue weighted by Crippen LogP contribution is 2.11. The van der Waals surface area contributed by atoms with E-state index < -0.39 is 17.9 Å². The van der Waals surface area contributed by atoms with Gasteiger partial charge in [0.15, 0.2) is 0 Å². The summed E-state index contributed by atoms with van der Waals surface area (Å²) in [4.78, 5) is 23.1. The third-order valence-corrected chi connectivity index (χ3v) is 3.35. The molecule has 1 atom stereocenters. The number of carbonyl (C=O) groups excluding carboxylic acids is 1. The zero-order chi connectivity index (χ0) is 17.4. The summed E-state index contributed by atoms with van der Waals surface area (Å²) in [6.07, 6.45) is 0.125. The average Bonchev–Trinajstić information content (AvgIpc) is 2.57. The molecule has 6 heteroatoms. The summed E-state index contributed by atoms with van der Waals surface area (Å²) in [6, 6.07) is 14.5. The van der Waals surface area contributed by atoms with Crippen LogP contribution in [0.15, 0.2) is 54.6 Å². The van der Waals surface area contributed by atoms with Crippen LogP contribution in [0.1, 0.15) is 11.1 Å². The molecular weight excluding hydrogens is 310 g/mol. The number of hydrogen-bond donors (Lipinski definition) is 3. The molecule has 2 aromatic carbocycles. The van der Waals surface area contributed by atoms with Gasteiger partial charge in [0.25, 0.3) is 0 Å². The molecule has 0 heterocycles. The Morgan fingerprint density at radius 2 is 1.67 bits per heavy atom. The van der Waals surface area contributed by atoms with Gasteiger partial charge in [-0.05, 0) is 23.3 Å². The SMILES string of the molecule is O=C(COCc1ccccc1)N[C@@H](Cc1ccc(O)cc1)C(=O)O. The third-order valence-electron chi connectivity index (χ3n) is 3.35. The molecule has 2 aromatic rings. The molecule has 1 amide bonds. The van der Waals surface area contributed by atoms with E-state index in [4.69, 9.17) is 4.74 Å². The van der Waals surface area contributed by atoms with E-state index in [-0.39, 0.29) is 25.4 Å². The Bertz CT molecular complexity index is 670. The fourth-order valence-corrected chi connectivity index (χ4v) is 2.14. The lowest BCUT2D eigenvalue weighted by Crippen LogP contribution is -2.43. The molecule has 126 valence electrons. The van der Waals surface area contributed by atoms with Crippen molar-refractivity contribution in [2.24, 2.45) is 0 Å². The number of rotatable bonds is 8. The van der Waals surface area contributed by atoms with Gasteiger partial charge in [0.05, 0.1) is 6.61 Å². The predicted octanol–water partition coefficient (Wildman–Crippen LogP) is 1.72. The lowest BCUT2D eigenvalue weighted by molar-refractivity contribution is -0.142. The first kappa shape index (κ1) is 17.5. The lowest BCUT2D eigenvalue weighted by atomic mass is 10.1. The van der Waals surface area contributed by atoms with Crippen molar-refractivity contribution in [1.29, 1.82) is 0 Å². The second-order valence-corrected chi connectivity index (χ2v) is 5.31. The molecular formula is C18H19NO5. The summed E-state index contributed by atoms with van der Waals surface area (Å²) in [6.45, 7) is 0.0677. The highest BCUT2D eigenvalue weighted by Gasteiger charge is 2.20. The number of benzene rings is 2. The van der Waals surface area contributed by atoms with E-state index in [1.54, 1.807) is 12.1 Å². The Hall–Kier alpha value is -2.86. The van der Waals surface area contributed by atoms with Crippen molar-refractivity contribution in [2.75, 3.05) is 6.61 Å². The maximum atomic E-state index is 11.9. The van der Waals surface area contributed by atoms with Gasteiger partial charge < -0.3 is 20.3 Å². The number of carboxylic acid groups (broad SMARTS) is 1. The standard InChI is InChI=1S/C18H19NO5/c20-15-8-6-13(7-9-15)10-16(18(22)23)19-17(21)12-24-11-14-4-2-1-3-5-14/h1-9,16,20H,10-12H2,(H,19,21)(H,22,23)/t16-/m0/s1. The number of hydrogen-bond acceptors (Lipinski definition) is 4. The second kappa shape index (κ2) is 8.69. The quantitative estimate of drug-likeness (QED) is 0.685. The Labute approximate surface area is 139 Å². The zero-order valence-corrected chi connectivity index (χ0v) is 13.0. The van der Waals surface area contributed by atoms with Crippen molar-refractivity contribution in [3.63, 3.8) is 0 Å². The van der Waals surface area contributed by atoms with Crippen LogP contribution in [0.5, 0.6) is 5.75 Å². The van der Waals surface area contributed by atoms with Crippen LogP contribution >= 0.6 is 0 Å². The first-order valence-electron chi connectivity index (χ1n) is 7.46. The van der Waals surface area contributed by atoms with Crippen molar-refractivity contribution in [3.05, 3.63) is 65.7 Å². The molecule has 0 aliphatic carbocycles. The van der Waals surface area contributed by atoms with E-state index in [1.807, 2.05) is 30.3 Å². The number of nitrogens with one attached hydrogen (secondary N) is 1. The molecule has 0 unspecified atom stereocenters. The summed E-state index contributed by atoms with van der Waals surface area (Å²) in [5.41, 5.74) is 1.63. The van der Waals surface area contributed by atoms with E-state index in [0.29, 0.717) is 5.56 Å². The van der Waals surface area contributed by atoms with Crippen LogP contribution in [0, 0.1) is 0 Å². The lowest BCUT2D eigenvalue weighted by Gasteiger charge is -2.15. The molecule has 0 spiro atoms. The van der Waals surface area contributed by atoms with Crippen molar-refractivity contribution in [2.45, 2.75) is 19.1 Å². The van der Waals surface area contributed by atoms with Crippen LogP contribution in [-0.2, 0) is 27.4 Å². The summed E-state index contributed by atoms with van der Waals surface area (Å²) in [5, 5.41) is 20.9. The minimum Gasteiger partial charge on any atom is -0.508 e. The maximum absolute atomic E-state index is 11.9. The Morgan fingerprint density at radius 1 is 1.00 bits per heavy atom. The Kier molecular flexibility index (Phi) is 6.33. The molecule has 0 saturated carbocycles. The molecule has 2 rings (SSSR count). The van der Waals surface area contributed by atoms with Gasteiger partial charge in [0.1, 0.15) is 18.4 Å². The summed E-state index contributed by atoms with van der Waals surface area (Å²) in [7, 11) is 0. The Balaban J connectivity index is 1.82. The van der Waals surface area contributed by atoms with Gasteiger partial charge in [-0.15, -0.1) is 0 Å². The highest BCUT2D eigenvalue weighted by atomic mass is 16.5. The van der Waals surface area contributed by atoms with Crippen LogP contribution < -0.4 is 5.32 Å². The smallest absolute Gasteiger partial charge is 0.326 e. The molecule has 0 aliphatic rings. The molecule has 0 saturated heterocycles. The van der Waals surface area contributed by atoms with Gasteiger partial charge in [0, 0.05) is 6.42 Å². The largest absolute Gasteiger partial charge is 0.508 e. The van der Waals surface area contributed by atoms with E-state index >= 15 is 0 Å². The number of aromatic hydroxyl groups is 1. The van der Waals surface area contributed by atoms with E-state index in [0.717, 1.165) is 5.56 Å². The van der Waals surface area contributed by atoms with Crippen LogP contribution in [0.25, 0.3) is 0 Å². The molecule has 0 bridgehead atoms. The molecule has 6 nitrogen and oxygen atoms in total. The highest BCUT2D eigenvalue weighted by molar-refractivity contribution is 5.84. The van der Waals surface area contributed by atoms with Crippen molar-refractivity contribution < 1.29 is 24.5 Å². The molecule has 0 aliphatic heterocycles. The van der Waals surface area contributed by atoms with Gasteiger partial charge >= 0.3 is 5.97 Å². The number of carbonyl (C=O) groups is 2. The van der Waals surface area contributed by atoms with Crippen LogP contribution in [0.4, 0.5) is 0 Å². The van der Waals surface area contributed by atoms with Gasteiger partial charge in [0.2, 0.25) is 5.91 Å². The zero-order valence-electron chi connectivity index (χ0n) is 13.0. The van der Waals surface area contributed by atoms with Crippen molar-refractivity contribution in [3.8, 4) is 5.75 Å². The fourth-order valence-electron chi connectivity index (χ4n) is 2.14. The predicted molar refractivity (Wildman–Crippen MR) is 87.5 cm³/mol. The average molecular weight is 329 g/mol. The number of phenolic OH excluding ortho intramolecular Hbond substituents is 1. The summed E-state index contributed by atoms with van der Waals surface area (Å²) in [5.74, 6) is -1.51. The molecule has 0 radical (unpaired) electrons. The van der Waals surface area contributed by atoms with E-state index in [1.165, 1.54) is 12.1 Å². The molecule has 24 heavy (non-hydrogen) atoms. The van der Waals surface area contributed by atoms with E-state index in [9.17, 15) is 19.8 Å². The fraction of sp³-hybridized carbons (Fsp3) is 0.222. The number of ether oxygens (including phenoxy) is 1. The first-order chi connectivity index (χ1) is 11.5. The first-order valence-corrected chi connectivity index (χ1v) is 7.46. The minimum atomic E-state index is -1.13. The number of carboxylic acids is 1. The number of amides is 1. The number of phenols is 1. The van der Waals surface area contributed by atoms with Crippen LogP contribution in [0.3, 0.4) is 0 Å². The molecule has 0 fully saturated rings. The summed E-state index contributed by atoms with van der Waals surface area (Å²) < 4.78 is 5.29. The minimum absolute atomic E-state index is 0.101. The Morgan fingerprint density at radius 3 is 2.29 bits per heavy atom. The van der Waals surface area contributed by atoms with Gasteiger partial charge in [-0.3, -0.25) is 4.79 Å². The van der Waals surface area contributed by atoms with Gasteiger partial charge in [-0.1, -0.05) is 42.5 Å². The van der Waals surface area contributed by atoms with Gasteiger partial charge in [-0.25, -0.2) is 4.79 Å². The third kappa shape index (κ3) is 5.73.